The van der Waals surface area contributed by atoms with Gasteiger partial charge in [0.2, 0.25) is 0 Å². The van der Waals surface area contributed by atoms with E-state index in [1.54, 1.807) is 11.3 Å². The van der Waals surface area contributed by atoms with Crippen LogP contribution in [0.2, 0.25) is 0 Å². The highest BCUT2D eigenvalue weighted by atomic mass is 32.1. The number of hydrogen-bond acceptors (Lipinski definition) is 3. The van der Waals surface area contributed by atoms with Crippen molar-refractivity contribution in [1.82, 2.24) is 0 Å². The van der Waals surface area contributed by atoms with Crippen molar-refractivity contribution in [3.8, 4) is 0 Å². The summed E-state index contributed by atoms with van der Waals surface area (Å²) in [6, 6.07) is 10.3. The Morgan fingerprint density at radius 1 is 1.26 bits per heavy atom. The van der Waals surface area contributed by atoms with Crippen LogP contribution in [-0.2, 0) is 16.0 Å². The van der Waals surface area contributed by atoms with Crippen LogP contribution in [0.15, 0.2) is 41.1 Å². The van der Waals surface area contributed by atoms with Crippen molar-refractivity contribution >= 4 is 17.3 Å². The van der Waals surface area contributed by atoms with Gasteiger partial charge >= 0.3 is 5.97 Å². The Hall–Kier alpha value is -1.61. The van der Waals surface area contributed by atoms with Gasteiger partial charge < -0.3 is 4.74 Å². The van der Waals surface area contributed by atoms with E-state index in [9.17, 15) is 4.79 Å². The molecular formula is C16H18O2S. The molecule has 0 N–H and O–H groups in total. The molecule has 0 bridgehead atoms. The molecule has 1 heterocycles. The summed E-state index contributed by atoms with van der Waals surface area (Å²) in [5, 5.41) is 4.02. The van der Waals surface area contributed by atoms with E-state index in [4.69, 9.17) is 4.74 Å². The van der Waals surface area contributed by atoms with E-state index in [1.807, 2.05) is 23.8 Å². The summed E-state index contributed by atoms with van der Waals surface area (Å²) in [5.74, 6) is -0.338. The predicted molar refractivity (Wildman–Crippen MR) is 78.6 cm³/mol. The van der Waals surface area contributed by atoms with Crippen LogP contribution in [0.1, 0.15) is 29.5 Å². The first-order valence-corrected chi connectivity index (χ1v) is 7.39. The first-order valence-electron chi connectivity index (χ1n) is 6.45. The highest BCUT2D eigenvalue weighted by Gasteiger charge is 2.22. The fourth-order valence-corrected chi connectivity index (χ4v) is 2.73. The number of carbonyl (C=O) groups is 1. The minimum Gasteiger partial charge on any atom is -0.466 e. The third kappa shape index (κ3) is 3.67. The second-order valence-corrected chi connectivity index (χ2v) is 5.33. The van der Waals surface area contributed by atoms with Crippen LogP contribution >= 0.6 is 11.3 Å². The lowest BCUT2D eigenvalue weighted by Gasteiger charge is -2.14. The summed E-state index contributed by atoms with van der Waals surface area (Å²) in [5.41, 5.74) is 3.44. The van der Waals surface area contributed by atoms with Gasteiger partial charge in [0.15, 0.2) is 0 Å². The molecule has 0 amide bonds. The molecule has 2 rings (SSSR count). The van der Waals surface area contributed by atoms with Gasteiger partial charge in [-0.15, -0.1) is 0 Å². The number of rotatable bonds is 5. The first-order chi connectivity index (χ1) is 9.20. The van der Waals surface area contributed by atoms with Gasteiger partial charge in [-0.1, -0.05) is 29.8 Å². The van der Waals surface area contributed by atoms with Crippen LogP contribution in [0.5, 0.6) is 0 Å². The van der Waals surface area contributed by atoms with Crippen molar-refractivity contribution in [3.63, 3.8) is 0 Å². The summed E-state index contributed by atoms with van der Waals surface area (Å²) >= 11 is 1.61. The third-order valence-electron chi connectivity index (χ3n) is 3.08. The number of carbonyl (C=O) groups excluding carboxylic acids is 1. The number of hydrogen-bond donors (Lipinski definition) is 0. The normalized spacial score (nSPS) is 12.1. The Morgan fingerprint density at radius 3 is 2.58 bits per heavy atom. The monoisotopic (exact) mass is 274 g/mol. The molecule has 2 aromatic rings. The molecule has 19 heavy (non-hydrogen) atoms. The zero-order valence-electron chi connectivity index (χ0n) is 11.3. The number of thiophene rings is 1. The zero-order valence-corrected chi connectivity index (χ0v) is 12.1. The molecule has 1 aromatic heterocycles. The second-order valence-electron chi connectivity index (χ2n) is 4.55. The topological polar surface area (TPSA) is 26.3 Å². The minimum absolute atomic E-state index is 0.138. The Bertz CT molecular complexity index is 514. The van der Waals surface area contributed by atoms with Crippen molar-refractivity contribution in [1.29, 1.82) is 0 Å². The SMILES string of the molecule is CCOC(=O)C(Cc1ccc(C)cc1)c1ccsc1. The lowest BCUT2D eigenvalue weighted by atomic mass is 9.93. The molecule has 100 valence electrons. The highest BCUT2D eigenvalue weighted by molar-refractivity contribution is 7.08. The highest BCUT2D eigenvalue weighted by Crippen LogP contribution is 2.24. The van der Waals surface area contributed by atoms with Crippen LogP contribution in [-0.4, -0.2) is 12.6 Å². The molecular weight excluding hydrogens is 256 g/mol. The van der Waals surface area contributed by atoms with Crippen molar-refractivity contribution in [2.75, 3.05) is 6.61 Å². The van der Waals surface area contributed by atoms with Crippen LogP contribution < -0.4 is 0 Å². The van der Waals surface area contributed by atoms with Crippen LogP contribution in [0, 0.1) is 6.92 Å². The van der Waals surface area contributed by atoms with Gasteiger partial charge in [0.05, 0.1) is 12.5 Å². The average molecular weight is 274 g/mol. The molecule has 0 radical (unpaired) electrons. The largest absolute Gasteiger partial charge is 0.466 e. The van der Waals surface area contributed by atoms with Gasteiger partial charge in [-0.2, -0.15) is 11.3 Å². The van der Waals surface area contributed by atoms with Crippen molar-refractivity contribution < 1.29 is 9.53 Å². The van der Waals surface area contributed by atoms with E-state index in [-0.39, 0.29) is 11.9 Å². The van der Waals surface area contributed by atoms with E-state index in [0.29, 0.717) is 13.0 Å². The van der Waals surface area contributed by atoms with E-state index in [2.05, 4.69) is 31.2 Å². The number of esters is 1. The van der Waals surface area contributed by atoms with Crippen LogP contribution in [0.25, 0.3) is 0 Å². The van der Waals surface area contributed by atoms with E-state index < -0.39 is 0 Å². The van der Waals surface area contributed by atoms with Gasteiger partial charge in [-0.3, -0.25) is 4.79 Å². The molecule has 0 aliphatic rings. The maximum absolute atomic E-state index is 12.1. The third-order valence-corrected chi connectivity index (χ3v) is 3.78. The molecule has 0 spiro atoms. The van der Waals surface area contributed by atoms with E-state index in [0.717, 1.165) is 11.1 Å². The first kappa shape index (κ1) is 13.8. The number of aryl methyl sites for hydroxylation is 1. The summed E-state index contributed by atoms with van der Waals surface area (Å²) in [6.07, 6.45) is 0.690. The quantitative estimate of drug-likeness (QED) is 0.772. The van der Waals surface area contributed by atoms with Crippen molar-refractivity contribution in [2.45, 2.75) is 26.2 Å². The average Bonchev–Trinajstić information content (AvgIpc) is 2.92. The van der Waals surface area contributed by atoms with E-state index >= 15 is 0 Å². The predicted octanol–water partition coefficient (Wildman–Crippen LogP) is 3.95. The standard InChI is InChI=1S/C16H18O2S/c1-3-18-16(17)15(14-8-9-19-11-14)10-13-6-4-12(2)5-7-13/h4-9,11,15H,3,10H2,1-2H3. The number of ether oxygens (including phenoxy) is 1. The lowest BCUT2D eigenvalue weighted by molar-refractivity contribution is -0.144. The molecule has 0 saturated heterocycles. The smallest absolute Gasteiger partial charge is 0.313 e. The maximum atomic E-state index is 12.1. The van der Waals surface area contributed by atoms with Gasteiger partial charge in [0.25, 0.3) is 0 Å². The summed E-state index contributed by atoms with van der Waals surface area (Å²) in [6.45, 7) is 4.33. The summed E-state index contributed by atoms with van der Waals surface area (Å²) in [4.78, 5) is 12.1. The fourth-order valence-electron chi connectivity index (χ4n) is 2.01. The minimum atomic E-state index is -0.200. The molecule has 3 heteroatoms. The Kier molecular flexibility index (Phi) is 4.74. The van der Waals surface area contributed by atoms with E-state index in [1.165, 1.54) is 5.56 Å². The van der Waals surface area contributed by atoms with Gasteiger partial charge in [-0.25, -0.2) is 0 Å². The molecule has 0 saturated carbocycles. The lowest BCUT2D eigenvalue weighted by Crippen LogP contribution is -2.17. The second kappa shape index (κ2) is 6.53. The molecule has 1 aromatic carbocycles. The molecule has 0 aliphatic carbocycles. The zero-order chi connectivity index (χ0) is 13.7. The maximum Gasteiger partial charge on any atom is 0.313 e. The summed E-state index contributed by atoms with van der Waals surface area (Å²) < 4.78 is 5.19. The summed E-state index contributed by atoms with van der Waals surface area (Å²) in [7, 11) is 0. The molecule has 2 nitrogen and oxygen atoms in total. The Morgan fingerprint density at radius 2 is 2.00 bits per heavy atom. The van der Waals surface area contributed by atoms with Gasteiger partial charge in [0.1, 0.15) is 0 Å². The molecule has 1 unspecified atom stereocenters. The Balaban J connectivity index is 2.18. The van der Waals surface area contributed by atoms with Crippen LogP contribution in [0.4, 0.5) is 0 Å². The van der Waals surface area contributed by atoms with Crippen LogP contribution in [0.3, 0.4) is 0 Å². The Labute approximate surface area is 118 Å². The van der Waals surface area contributed by atoms with Gasteiger partial charge in [-0.05, 0) is 48.2 Å². The fraction of sp³-hybridized carbons (Fsp3) is 0.312. The van der Waals surface area contributed by atoms with Crippen molar-refractivity contribution in [2.24, 2.45) is 0 Å². The molecule has 0 fully saturated rings. The molecule has 1 atom stereocenters. The van der Waals surface area contributed by atoms with Crippen molar-refractivity contribution in [3.05, 3.63) is 57.8 Å². The number of benzene rings is 1. The van der Waals surface area contributed by atoms with Gasteiger partial charge in [0, 0.05) is 0 Å². The molecule has 0 aliphatic heterocycles.